The van der Waals surface area contributed by atoms with Crippen LogP contribution in [0.3, 0.4) is 0 Å². The molecule has 1 atom stereocenters. The van der Waals surface area contributed by atoms with E-state index in [-0.39, 0.29) is 0 Å². The van der Waals surface area contributed by atoms with Crippen molar-refractivity contribution in [2.24, 2.45) is 5.92 Å². The van der Waals surface area contributed by atoms with Crippen molar-refractivity contribution in [3.8, 4) is 0 Å². The van der Waals surface area contributed by atoms with Gasteiger partial charge in [-0.3, -0.25) is 4.79 Å². The summed E-state index contributed by atoms with van der Waals surface area (Å²) in [6, 6.07) is 0.930. The maximum Gasteiger partial charge on any atom is 0.222 e. The monoisotopic (exact) mass is 320 g/mol. The molecule has 1 fully saturated rings. The van der Waals surface area contributed by atoms with E-state index in [1.54, 1.807) is 0 Å². The normalized spacial score (nSPS) is 17.7. The minimum atomic E-state index is 0.317. The summed E-state index contributed by atoms with van der Waals surface area (Å²) in [5, 5.41) is 3.72. The fourth-order valence-electron chi connectivity index (χ4n) is 3.34. The van der Waals surface area contributed by atoms with E-state index in [9.17, 15) is 4.79 Å². The number of hydrogen-bond donors (Lipinski definition) is 1. The van der Waals surface area contributed by atoms with Crippen LogP contribution in [0.5, 0.6) is 0 Å². The molecule has 2 rings (SSSR count). The van der Waals surface area contributed by atoms with E-state index in [1.807, 2.05) is 11.1 Å². The van der Waals surface area contributed by atoms with Gasteiger partial charge in [0.15, 0.2) is 0 Å². The van der Waals surface area contributed by atoms with Gasteiger partial charge < -0.3 is 14.8 Å². The van der Waals surface area contributed by atoms with Gasteiger partial charge in [0.05, 0.1) is 0 Å². The summed E-state index contributed by atoms with van der Waals surface area (Å²) in [4.78, 5) is 18.5. The quantitative estimate of drug-likeness (QED) is 0.839. The van der Waals surface area contributed by atoms with Gasteiger partial charge in [-0.05, 0) is 25.7 Å². The molecule has 1 amide bonds. The Morgan fingerprint density at radius 3 is 2.65 bits per heavy atom. The number of amides is 1. The summed E-state index contributed by atoms with van der Waals surface area (Å²) in [5.74, 6) is 1.91. The minimum Gasteiger partial charge on any atom is -0.343 e. The second kappa shape index (κ2) is 8.48. The van der Waals surface area contributed by atoms with Crippen molar-refractivity contribution < 1.29 is 4.79 Å². The molecule has 0 saturated carbocycles. The topological polar surface area (TPSA) is 50.2 Å². The Morgan fingerprint density at radius 1 is 1.35 bits per heavy atom. The second-order valence-electron chi connectivity index (χ2n) is 7.17. The van der Waals surface area contributed by atoms with Crippen LogP contribution in [0.25, 0.3) is 0 Å². The summed E-state index contributed by atoms with van der Waals surface area (Å²) in [6.07, 6.45) is 7.69. The van der Waals surface area contributed by atoms with Crippen LogP contribution < -0.4 is 5.32 Å². The molecule has 1 aromatic rings. The van der Waals surface area contributed by atoms with Crippen molar-refractivity contribution in [1.29, 1.82) is 0 Å². The lowest BCUT2D eigenvalue weighted by Crippen LogP contribution is -2.48. The highest BCUT2D eigenvalue weighted by Gasteiger charge is 2.23. The Bertz CT molecular complexity index is 489. The lowest BCUT2D eigenvalue weighted by molar-refractivity contribution is -0.133. The highest BCUT2D eigenvalue weighted by Crippen LogP contribution is 2.14. The Labute approximate surface area is 140 Å². The Morgan fingerprint density at radius 2 is 2.04 bits per heavy atom. The van der Waals surface area contributed by atoms with Crippen LogP contribution in [0.2, 0.25) is 0 Å². The molecule has 1 unspecified atom stereocenters. The molecular formula is C18H32N4O. The van der Waals surface area contributed by atoms with Crippen LogP contribution in [0.15, 0.2) is 12.4 Å². The first-order valence-electron chi connectivity index (χ1n) is 9.03. The molecular weight excluding hydrogens is 288 g/mol. The first-order valence-corrected chi connectivity index (χ1v) is 9.03. The van der Waals surface area contributed by atoms with Gasteiger partial charge in [0, 0.05) is 57.0 Å². The van der Waals surface area contributed by atoms with Gasteiger partial charge in [-0.1, -0.05) is 20.8 Å². The van der Waals surface area contributed by atoms with Crippen LogP contribution in [0.4, 0.5) is 0 Å². The lowest BCUT2D eigenvalue weighted by atomic mass is 10.0. The molecule has 0 aromatic carbocycles. The largest absolute Gasteiger partial charge is 0.343 e. The molecule has 1 aliphatic rings. The standard InChI is InChI=1S/C18H32N4O/c1-5-17-19-8-11-22(17)13-15(4)20-16-6-9-21(10-7-16)18(23)12-14(2)3/h8,11,14-16,20H,5-7,9-10,12-13H2,1-4H3. The first-order chi connectivity index (χ1) is 11.0. The van der Waals surface area contributed by atoms with Gasteiger partial charge in [0.25, 0.3) is 0 Å². The highest BCUT2D eigenvalue weighted by atomic mass is 16.2. The maximum atomic E-state index is 12.1. The van der Waals surface area contributed by atoms with Gasteiger partial charge in [-0.25, -0.2) is 4.98 Å². The molecule has 5 heteroatoms. The van der Waals surface area contributed by atoms with Gasteiger partial charge in [0.1, 0.15) is 5.82 Å². The number of rotatable bonds is 7. The number of carbonyl (C=O) groups excluding carboxylic acids is 1. The lowest BCUT2D eigenvalue weighted by Gasteiger charge is -2.34. The number of aromatic nitrogens is 2. The number of piperidine rings is 1. The van der Waals surface area contributed by atoms with E-state index < -0.39 is 0 Å². The smallest absolute Gasteiger partial charge is 0.222 e. The Balaban J connectivity index is 1.74. The number of carbonyl (C=O) groups is 1. The number of imidazole rings is 1. The van der Waals surface area contributed by atoms with E-state index in [4.69, 9.17) is 0 Å². The molecule has 0 radical (unpaired) electrons. The zero-order valence-electron chi connectivity index (χ0n) is 15.1. The van der Waals surface area contributed by atoms with E-state index in [0.717, 1.165) is 44.7 Å². The number of likely N-dealkylation sites (tertiary alicyclic amines) is 1. The van der Waals surface area contributed by atoms with Crippen molar-refractivity contribution in [1.82, 2.24) is 19.8 Å². The van der Waals surface area contributed by atoms with Crippen LogP contribution in [-0.2, 0) is 17.8 Å². The van der Waals surface area contributed by atoms with E-state index in [2.05, 4.69) is 48.8 Å². The number of nitrogens with one attached hydrogen (secondary N) is 1. The zero-order chi connectivity index (χ0) is 16.8. The Kier molecular flexibility index (Phi) is 6.63. The molecule has 0 aliphatic carbocycles. The molecule has 2 heterocycles. The van der Waals surface area contributed by atoms with E-state index >= 15 is 0 Å². The third-order valence-electron chi connectivity index (χ3n) is 4.54. The number of nitrogens with zero attached hydrogens (tertiary/aromatic N) is 3. The zero-order valence-corrected chi connectivity index (χ0v) is 15.1. The first kappa shape index (κ1) is 18.0. The van der Waals surface area contributed by atoms with Gasteiger partial charge in [-0.2, -0.15) is 0 Å². The molecule has 1 aromatic heterocycles. The molecule has 0 spiro atoms. The Hall–Kier alpha value is -1.36. The molecule has 1 aliphatic heterocycles. The summed E-state index contributed by atoms with van der Waals surface area (Å²) in [6.45, 7) is 11.3. The molecule has 1 N–H and O–H groups in total. The average molecular weight is 320 g/mol. The summed E-state index contributed by atoms with van der Waals surface area (Å²) in [5.41, 5.74) is 0. The molecule has 23 heavy (non-hydrogen) atoms. The van der Waals surface area contributed by atoms with Crippen molar-refractivity contribution in [2.75, 3.05) is 13.1 Å². The van der Waals surface area contributed by atoms with E-state index in [0.29, 0.717) is 30.3 Å². The van der Waals surface area contributed by atoms with E-state index in [1.165, 1.54) is 0 Å². The van der Waals surface area contributed by atoms with Crippen LogP contribution >= 0.6 is 0 Å². The van der Waals surface area contributed by atoms with Crippen LogP contribution in [-0.4, -0.2) is 45.5 Å². The predicted octanol–water partition coefficient (Wildman–Crippen LogP) is 2.46. The molecule has 5 nitrogen and oxygen atoms in total. The fraction of sp³-hybridized carbons (Fsp3) is 0.778. The number of hydrogen-bond acceptors (Lipinski definition) is 3. The molecule has 0 bridgehead atoms. The predicted molar refractivity (Wildman–Crippen MR) is 93.3 cm³/mol. The van der Waals surface area contributed by atoms with Gasteiger partial charge >= 0.3 is 0 Å². The van der Waals surface area contributed by atoms with Gasteiger partial charge in [-0.15, -0.1) is 0 Å². The fourth-order valence-corrected chi connectivity index (χ4v) is 3.34. The van der Waals surface area contributed by atoms with Crippen LogP contribution in [0, 0.1) is 5.92 Å². The summed E-state index contributed by atoms with van der Waals surface area (Å²) >= 11 is 0. The third-order valence-corrected chi connectivity index (χ3v) is 4.54. The van der Waals surface area contributed by atoms with Crippen molar-refractivity contribution in [2.45, 2.75) is 72.0 Å². The maximum absolute atomic E-state index is 12.1. The van der Waals surface area contributed by atoms with Gasteiger partial charge in [0.2, 0.25) is 5.91 Å². The third kappa shape index (κ3) is 5.34. The second-order valence-corrected chi connectivity index (χ2v) is 7.17. The van der Waals surface area contributed by atoms with Crippen molar-refractivity contribution in [3.05, 3.63) is 18.2 Å². The minimum absolute atomic E-state index is 0.317. The summed E-state index contributed by atoms with van der Waals surface area (Å²) < 4.78 is 2.24. The molecule has 1 saturated heterocycles. The average Bonchev–Trinajstić information content (AvgIpc) is 2.94. The summed E-state index contributed by atoms with van der Waals surface area (Å²) in [7, 11) is 0. The molecule has 130 valence electrons. The highest BCUT2D eigenvalue weighted by molar-refractivity contribution is 5.76. The van der Waals surface area contributed by atoms with Crippen molar-refractivity contribution in [3.63, 3.8) is 0 Å². The number of aryl methyl sites for hydroxylation is 1. The van der Waals surface area contributed by atoms with Crippen molar-refractivity contribution >= 4 is 5.91 Å². The SMILES string of the molecule is CCc1nccn1CC(C)NC1CCN(C(=O)CC(C)C)CC1. The van der Waals surface area contributed by atoms with Crippen LogP contribution in [0.1, 0.15) is 52.8 Å².